The first-order chi connectivity index (χ1) is 7.70. The van der Waals surface area contributed by atoms with Crippen molar-refractivity contribution in [2.45, 2.75) is 63.5 Å². The Balaban J connectivity index is 0.00000144. The molecule has 2 rings (SSSR count). The molecule has 3 nitrogen and oxygen atoms in total. The standard InChI is InChI=1S/C13H24N2O.ClH/c1-15(11-8-5-9-11)13(16)12(14)10-6-3-2-4-7-10;/h10-12H,2-9,14H2,1H3;1H/t12-;/m0./s1. The lowest BCUT2D eigenvalue weighted by molar-refractivity contribution is -0.136. The molecule has 0 heterocycles. The highest BCUT2D eigenvalue weighted by Gasteiger charge is 2.32. The molecule has 4 heteroatoms. The number of hydrogen-bond donors (Lipinski definition) is 1. The number of carbonyl (C=O) groups is 1. The minimum absolute atomic E-state index is 0. The van der Waals surface area contributed by atoms with E-state index in [9.17, 15) is 4.79 Å². The van der Waals surface area contributed by atoms with Crippen molar-refractivity contribution in [2.75, 3.05) is 7.05 Å². The molecule has 2 N–H and O–H groups in total. The fourth-order valence-corrected chi connectivity index (χ4v) is 2.88. The Kier molecular flexibility index (Phi) is 5.74. The quantitative estimate of drug-likeness (QED) is 0.847. The summed E-state index contributed by atoms with van der Waals surface area (Å²) in [6, 6.07) is 0.230. The first kappa shape index (κ1) is 14.8. The molecule has 17 heavy (non-hydrogen) atoms. The van der Waals surface area contributed by atoms with Crippen LogP contribution in [0.15, 0.2) is 0 Å². The van der Waals surface area contributed by atoms with E-state index in [2.05, 4.69) is 0 Å². The Hall–Kier alpha value is -0.280. The van der Waals surface area contributed by atoms with Crippen LogP contribution in [0.3, 0.4) is 0 Å². The fraction of sp³-hybridized carbons (Fsp3) is 0.923. The third-order valence-electron chi connectivity index (χ3n) is 4.41. The number of nitrogens with two attached hydrogens (primary N) is 1. The average Bonchev–Trinajstić information content (AvgIpc) is 2.26. The lowest BCUT2D eigenvalue weighted by Crippen LogP contribution is -2.51. The van der Waals surface area contributed by atoms with Gasteiger partial charge in [0.05, 0.1) is 6.04 Å². The molecule has 1 amide bonds. The zero-order valence-corrected chi connectivity index (χ0v) is 11.5. The fourth-order valence-electron chi connectivity index (χ4n) is 2.88. The number of amides is 1. The van der Waals surface area contributed by atoms with Crippen molar-refractivity contribution in [3.05, 3.63) is 0 Å². The molecule has 0 radical (unpaired) electrons. The van der Waals surface area contributed by atoms with Gasteiger partial charge in [0.1, 0.15) is 0 Å². The van der Waals surface area contributed by atoms with E-state index < -0.39 is 0 Å². The Bertz CT molecular complexity index is 250. The van der Waals surface area contributed by atoms with Gasteiger partial charge in [-0.2, -0.15) is 0 Å². The Morgan fingerprint density at radius 1 is 1.12 bits per heavy atom. The van der Waals surface area contributed by atoms with Gasteiger partial charge in [-0.1, -0.05) is 19.3 Å². The van der Waals surface area contributed by atoms with Gasteiger partial charge in [0.2, 0.25) is 5.91 Å². The van der Waals surface area contributed by atoms with Gasteiger partial charge in [-0.15, -0.1) is 12.4 Å². The number of likely N-dealkylation sites (N-methyl/N-ethyl adjacent to an activating group) is 1. The van der Waals surface area contributed by atoms with E-state index in [1.165, 1.54) is 38.5 Å². The summed E-state index contributed by atoms with van der Waals surface area (Å²) in [5.74, 6) is 0.611. The Morgan fingerprint density at radius 2 is 1.71 bits per heavy atom. The predicted octanol–water partition coefficient (Wildman–Crippen LogP) is 2.33. The summed E-state index contributed by atoms with van der Waals surface area (Å²) < 4.78 is 0. The molecular formula is C13H25ClN2O. The van der Waals surface area contributed by atoms with Gasteiger partial charge in [-0.05, 0) is 38.0 Å². The van der Waals surface area contributed by atoms with Crippen LogP contribution in [0.2, 0.25) is 0 Å². The minimum atomic E-state index is -0.245. The van der Waals surface area contributed by atoms with Crippen molar-refractivity contribution in [1.82, 2.24) is 4.90 Å². The SMILES string of the molecule is CN(C(=O)[C@@H](N)C1CCCCC1)C1CCC1.Cl. The second-order valence-corrected chi connectivity index (χ2v) is 5.46. The van der Waals surface area contributed by atoms with E-state index in [0.717, 1.165) is 12.8 Å². The van der Waals surface area contributed by atoms with E-state index in [0.29, 0.717) is 12.0 Å². The number of carbonyl (C=O) groups excluding carboxylic acids is 1. The molecule has 0 bridgehead atoms. The summed E-state index contributed by atoms with van der Waals surface area (Å²) in [5.41, 5.74) is 6.12. The van der Waals surface area contributed by atoms with Crippen molar-refractivity contribution >= 4 is 18.3 Å². The van der Waals surface area contributed by atoms with E-state index >= 15 is 0 Å². The predicted molar refractivity (Wildman–Crippen MR) is 72.2 cm³/mol. The number of halogens is 1. The van der Waals surface area contributed by atoms with Crippen LogP contribution >= 0.6 is 12.4 Å². The van der Waals surface area contributed by atoms with E-state index in [1.54, 1.807) is 0 Å². The van der Waals surface area contributed by atoms with Gasteiger partial charge in [0.15, 0.2) is 0 Å². The first-order valence-electron chi connectivity index (χ1n) is 6.72. The maximum absolute atomic E-state index is 12.2. The third kappa shape index (κ3) is 3.35. The first-order valence-corrected chi connectivity index (χ1v) is 6.72. The summed E-state index contributed by atoms with van der Waals surface area (Å²) in [7, 11) is 1.93. The van der Waals surface area contributed by atoms with Gasteiger partial charge >= 0.3 is 0 Å². The molecule has 2 fully saturated rings. The summed E-state index contributed by atoms with van der Waals surface area (Å²) in [6.45, 7) is 0. The summed E-state index contributed by atoms with van der Waals surface area (Å²) in [4.78, 5) is 14.1. The number of nitrogens with zero attached hydrogens (tertiary/aromatic N) is 1. The lowest BCUT2D eigenvalue weighted by Gasteiger charge is -2.38. The molecule has 0 unspecified atom stereocenters. The number of rotatable bonds is 3. The molecule has 0 aliphatic heterocycles. The van der Waals surface area contributed by atoms with Gasteiger partial charge in [0, 0.05) is 13.1 Å². The molecular weight excluding hydrogens is 236 g/mol. The summed E-state index contributed by atoms with van der Waals surface area (Å²) >= 11 is 0. The van der Waals surface area contributed by atoms with Gasteiger partial charge in [0.25, 0.3) is 0 Å². The molecule has 2 aliphatic carbocycles. The van der Waals surface area contributed by atoms with Gasteiger partial charge in [-0.25, -0.2) is 0 Å². The van der Waals surface area contributed by atoms with Crippen molar-refractivity contribution < 1.29 is 4.79 Å². The smallest absolute Gasteiger partial charge is 0.239 e. The van der Waals surface area contributed by atoms with Crippen LogP contribution in [0.1, 0.15) is 51.4 Å². The second kappa shape index (κ2) is 6.60. The van der Waals surface area contributed by atoms with Gasteiger partial charge in [-0.3, -0.25) is 4.79 Å². The molecule has 1 atom stereocenters. The van der Waals surface area contributed by atoms with Crippen molar-refractivity contribution in [3.8, 4) is 0 Å². The van der Waals surface area contributed by atoms with Crippen LogP contribution in [-0.2, 0) is 4.79 Å². The third-order valence-corrected chi connectivity index (χ3v) is 4.41. The highest BCUT2D eigenvalue weighted by Crippen LogP contribution is 2.28. The molecule has 0 aromatic heterocycles. The molecule has 0 aromatic rings. The zero-order valence-electron chi connectivity index (χ0n) is 10.7. The van der Waals surface area contributed by atoms with Gasteiger partial charge < -0.3 is 10.6 Å². The van der Waals surface area contributed by atoms with Crippen LogP contribution in [0, 0.1) is 5.92 Å². The van der Waals surface area contributed by atoms with Crippen molar-refractivity contribution in [1.29, 1.82) is 0 Å². The molecule has 2 saturated carbocycles. The molecule has 0 spiro atoms. The average molecular weight is 261 g/mol. The molecule has 2 aliphatic rings. The lowest BCUT2D eigenvalue weighted by atomic mass is 9.83. The van der Waals surface area contributed by atoms with Crippen LogP contribution in [-0.4, -0.2) is 29.9 Å². The summed E-state index contributed by atoms with van der Waals surface area (Å²) in [6.07, 6.45) is 9.70. The molecule has 0 saturated heterocycles. The highest BCUT2D eigenvalue weighted by molar-refractivity contribution is 5.85. The topological polar surface area (TPSA) is 46.3 Å². The zero-order chi connectivity index (χ0) is 11.5. The monoisotopic (exact) mass is 260 g/mol. The molecule has 0 aromatic carbocycles. The second-order valence-electron chi connectivity index (χ2n) is 5.46. The van der Waals surface area contributed by atoms with E-state index in [1.807, 2.05) is 11.9 Å². The van der Waals surface area contributed by atoms with Crippen LogP contribution < -0.4 is 5.73 Å². The minimum Gasteiger partial charge on any atom is -0.341 e. The van der Waals surface area contributed by atoms with Crippen LogP contribution in [0.4, 0.5) is 0 Å². The van der Waals surface area contributed by atoms with Crippen molar-refractivity contribution in [3.63, 3.8) is 0 Å². The number of hydrogen-bond acceptors (Lipinski definition) is 2. The van der Waals surface area contributed by atoms with Crippen LogP contribution in [0.5, 0.6) is 0 Å². The van der Waals surface area contributed by atoms with E-state index in [4.69, 9.17) is 5.73 Å². The molecule has 100 valence electrons. The summed E-state index contributed by atoms with van der Waals surface area (Å²) in [5, 5.41) is 0. The van der Waals surface area contributed by atoms with E-state index in [-0.39, 0.29) is 24.4 Å². The van der Waals surface area contributed by atoms with Crippen LogP contribution in [0.25, 0.3) is 0 Å². The Morgan fingerprint density at radius 3 is 2.18 bits per heavy atom. The Labute approximate surface area is 111 Å². The maximum atomic E-state index is 12.2. The normalized spacial score (nSPS) is 23.4. The van der Waals surface area contributed by atoms with Crippen molar-refractivity contribution in [2.24, 2.45) is 11.7 Å². The largest absolute Gasteiger partial charge is 0.341 e. The maximum Gasteiger partial charge on any atom is 0.239 e. The highest BCUT2D eigenvalue weighted by atomic mass is 35.5.